The third kappa shape index (κ3) is 4.44. The normalized spacial score (nSPS) is 14.0. The van der Waals surface area contributed by atoms with Crippen LogP contribution in [0.25, 0.3) is 82.4 Å². The fourth-order valence-electron chi connectivity index (χ4n) is 7.84. The van der Waals surface area contributed by atoms with Gasteiger partial charge in [0, 0.05) is 33.5 Å². The largest absolute Gasteiger partial charge is 0.310 e. The lowest BCUT2D eigenvalue weighted by Crippen LogP contribution is -2.10. The van der Waals surface area contributed by atoms with Gasteiger partial charge in [0.15, 0.2) is 0 Å². The predicted molar refractivity (Wildman–Crippen MR) is 220 cm³/mol. The van der Waals surface area contributed by atoms with E-state index in [0.717, 1.165) is 72.0 Å². The Morgan fingerprint density at radius 1 is 0.385 bits per heavy atom. The predicted octanol–water partition coefficient (Wildman–Crippen LogP) is 13.9. The molecular weight excluding hydrogens is 629 g/mol. The maximum absolute atomic E-state index is 8.91. The zero-order valence-electron chi connectivity index (χ0n) is 35.8. The summed E-state index contributed by atoms with van der Waals surface area (Å²) >= 11 is 0. The molecular formula is C50H32N2. The monoisotopic (exact) mass is 668 g/mol. The maximum Gasteiger partial charge on any atom is 0.0645 e. The van der Waals surface area contributed by atoms with E-state index >= 15 is 0 Å². The number of para-hydroxylation sites is 3. The van der Waals surface area contributed by atoms with E-state index in [1.165, 1.54) is 0 Å². The Hall–Kier alpha value is -6.90. The fourth-order valence-corrected chi connectivity index (χ4v) is 7.84. The smallest absolute Gasteiger partial charge is 0.0645 e. The molecule has 0 unspecified atom stereocenters. The molecule has 10 aromatic rings. The van der Waals surface area contributed by atoms with Crippen molar-refractivity contribution >= 4 is 60.4 Å². The van der Waals surface area contributed by atoms with Gasteiger partial charge in [0.25, 0.3) is 0 Å². The molecule has 1 aliphatic rings. The Labute approximate surface area is 313 Å². The van der Waals surface area contributed by atoms with Crippen LogP contribution in [0.5, 0.6) is 0 Å². The number of rotatable bonds is 5. The molecule has 2 nitrogen and oxygen atoms in total. The van der Waals surface area contributed by atoms with Crippen LogP contribution in [-0.4, -0.2) is 4.57 Å². The highest BCUT2D eigenvalue weighted by Gasteiger charge is 2.24. The molecule has 1 aliphatic carbocycles. The third-order valence-electron chi connectivity index (χ3n) is 10.3. The van der Waals surface area contributed by atoms with Crippen molar-refractivity contribution in [1.29, 1.82) is 0 Å². The second-order valence-corrected chi connectivity index (χ2v) is 13.2. The van der Waals surface area contributed by atoms with E-state index in [2.05, 4.69) is 120 Å². The highest BCUT2D eigenvalue weighted by Crippen LogP contribution is 2.51. The van der Waals surface area contributed by atoms with Crippen LogP contribution in [0.4, 0.5) is 17.1 Å². The first kappa shape index (κ1) is 22.0. The lowest BCUT2D eigenvalue weighted by atomic mass is 9.78. The average molecular weight is 669 g/mol. The highest BCUT2D eigenvalue weighted by atomic mass is 15.1. The van der Waals surface area contributed by atoms with E-state index in [1.54, 1.807) is 4.57 Å². The molecule has 2 heteroatoms. The average Bonchev–Trinajstić information content (AvgIpc) is 3.65. The number of benzene rings is 9. The standard InChI is InChI=1S/C50H32N2/c1-3-12-33(13-4-1)34-14-11-17-40(26-34)51(39-15-5-2-6-16-39)41-24-22-35-29-45-47(31-37(35)27-41)46-30-36-23-25-42(28-38(36)32-48(45)46)52-49-20-9-7-18-43(49)44-19-8-10-21-50(44)52/h1-32H/i7D,8D,9D,10D,18D,19D,20D,21D. The maximum atomic E-state index is 8.91. The third-order valence-corrected chi connectivity index (χ3v) is 10.3. The molecule has 242 valence electrons. The molecule has 0 saturated carbocycles. The number of hydrogen-bond acceptors (Lipinski definition) is 1. The van der Waals surface area contributed by atoms with Crippen LogP contribution in [0.3, 0.4) is 0 Å². The minimum absolute atomic E-state index is 0.0665. The number of hydrogen-bond donors (Lipinski definition) is 0. The van der Waals surface area contributed by atoms with Gasteiger partial charge >= 0.3 is 0 Å². The summed E-state index contributed by atoms with van der Waals surface area (Å²) in [6, 6.07) is 47.4. The summed E-state index contributed by atoms with van der Waals surface area (Å²) in [5.74, 6) is 0. The first-order valence-electron chi connectivity index (χ1n) is 21.3. The number of anilines is 3. The van der Waals surface area contributed by atoms with Crippen molar-refractivity contribution < 1.29 is 11.0 Å². The SMILES string of the molecule is [2H]c1c([2H])c([2H])c2c(c1[2H])c1c([2H])c([2H])c([2H])c([2H])c1n2-c1ccc2cc3c(cc2c1)-c1cc2ccc(N(c4ccccc4)c4cccc(-c5ccccc5)c4)cc2cc1-3. The molecule has 1 aromatic heterocycles. The van der Waals surface area contributed by atoms with E-state index in [0.29, 0.717) is 5.69 Å². The minimum atomic E-state index is -0.457. The van der Waals surface area contributed by atoms with Gasteiger partial charge in [0.1, 0.15) is 0 Å². The van der Waals surface area contributed by atoms with Crippen LogP contribution in [0.1, 0.15) is 11.0 Å². The first-order chi connectivity index (χ1) is 29.1. The second-order valence-electron chi connectivity index (χ2n) is 13.2. The zero-order valence-corrected chi connectivity index (χ0v) is 27.8. The molecule has 0 fully saturated rings. The van der Waals surface area contributed by atoms with Gasteiger partial charge < -0.3 is 9.47 Å². The van der Waals surface area contributed by atoms with Crippen molar-refractivity contribution in [2.75, 3.05) is 4.90 Å². The first-order valence-corrected chi connectivity index (χ1v) is 17.3. The Balaban J connectivity index is 1.03. The molecule has 1 heterocycles. The summed E-state index contributed by atoms with van der Waals surface area (Å²) in [4.78, 5) is 2.29. The van der Waals surface area contributed by atoms with Gasteiger partial charge in [-0.1, -0.05) is 109 Å². The van der Waals surface area contributed by atoms with Gasteiger partial charge in [0.2, 0.25) is 0 Å². The van der Waals surface area contributed by atoms with Crippen molar-refractivity contribution in [3.05, 3.63) is 194 Å². The van der Waals surface area contributed by atoms with Gasteiger partial charge in [-0.2, -0.15) is 0 Å². The molecule has 0 N–H and O–H groups in total. The van der Waals surface area contributed by atoms with Crippen LogP contribution < -0.4 is 4.90 Å². The number of nitrogens with zero attached hydrogens (tertiary/aromatic N) is 2. The second kappa shape index (κ2) is 11.3. The van der Waals surface area contributed by atoms with E-state index in [-0.39, 0.29) is 46.0 Å². The van der Waals surface area contributed by atoms with E-state index < -0.39 is 24.2 Å². The molecule has 0 saturated heterocycles. The van der Waals surface area contributed by atoms with Crippen LogP contribution in [0.15, 0.2) is 194 Å². The number of aromatic nitrogens is 1. The molecule has 0 radical (unpaired) electrons. The van der Waals surface area contributed by atoms with E-state index in [4.69, 9.17) is 11.0 Å². The molecule has 11 rings (SSSR count). The molecule has 0 aliphatic heterocycles. The molecule has 9 aromatic carbocycles. The lowest BCUT2D eigenvalue weighted by Gasteiger charge is -2.28. The van der Waals surface area contributed by atoms with Gasteiger partial charge in [0.05, 0.1) is 22.0 Å². The van der Waals surface area contributed by atoms with Crippen LogP contribution >= 0.6 is 0 Å². The Kier molecular flexibility index (Phi) is 4.79. The Morgan fingerprint density at radius 3 is 1.58 bits per heavy atom. The summed E-state index contributed by atoms with van der Waals surface area (Å²) in [5, 5.41) is 4.22. The van der Waals surface area contributed by atoms with Gasteiger partial charge in [-0.05, 0) is 140 Å². The summed E-state index contributed by atoms with van der Waals surface area (Å²) in [6.07, 6.45) is 0. The van der Waals surface area contributed by atoms with Gasteiger partial charge in [-0.25, -0.2) is 0 Å². The summed E-state index contributed by atoms with van der Waals surface area (Å²) in [7, 11) is 0. The molecule has 0 spiro atoms. The van der Waals surface area contributed by atoms with Crippen LogP contribution in [-0.2, 0) is 0 Å². The lowest BCUT2D eigenvalue weighted by molar-refractivity contribution is 1.19. The van der Waals surface area contributed by atoms with Crippen molar-refractivity contribution in [1.82, 2.24) is 4.57 Å². The van der Waals surface area contributed by atoms with E-state index in [1.807, 2.05) is 30.3 Å². The summed E-state index contributed by atoms with van der Waals surface area (Å²) in [5.41, 5.74) is 10.7. The van der Waals surface area contributed by atoms with Crippen LogP contribution in [0, 0.1) is 0 Å². The topological polar surface area (TPSA) is 8.17 Å². The van der Waals surface area contributed by atoms with Gasteiger partial charge in [-0.15, -0.1) is 0 Å². The van der Waals surface area contributed by atoms with Crippen molar-refractivity contribution in [3.63, 3.8) is 0 Å². The van der Waals surface area contributed by atoms with E-state index in [9.17, 15) is 0 Å². The highest BCUT2D eigenvalue weighted by molar-refractivity contribution is 6.13. The van der Waals surface area contributed by atoms with Crippen molar-refractivity contribution in [2.45, 2.75) is 0 Å². The number of fused-ring (bicyclic) bond motifs is 9. The molecule has 0 atom stereocenters. The molecule has 52 heavy (non-hydrogen) atoms. The van der Waals surface area contributed by atoms with Crippen molar-refractivity contribution in [2.24, 2.45) is 0 Å². The Morgan fingerprint density at radius 2 is 0.904 bits per heavy atom. The Bertz CT molecular complexity index is 3390. The zero-order chi connectivity index (χ0) is 41.1. The molecule has 0 bridgehead atoms. The fraction of sp³-hybridized carbons (Fsp3) is 0. The van der Waals surface area contributed by atoms with Gasteiger partial charge in [-0.3, -0.25) is 0 Å². The summed E-state index contributed by atoms with van der Waals surface area (Å²) < 4.78 is 70.7. The quantitative estimate of drug-likeness (QED) is 0.177. The summed E-state index contributed by atoms with van der Waals surface area (Å²) in [6.45, 7) is 0. The van der Waals surface area contributed by atoms with Crippen LogP contribution in [0.2, 0.25) is 0 Å². The molecule has 0 amide bonds. The minimum Gasteiger partial charge on any atom is -0.310 e. The van der Waals surface area contributed by atoms with Crippen molar-refractivity contribution in [3.8, 4) is 39.1 Å².